The Morgan fingerprint density at radius 1 is 1.29 bits per heavy atom. The maximum Gasteiger partial charge on any atom is 0.289 e. The SMILES string of the molecule is CCc1ncnc2c1CCN(C(=O)c1ccc(C)o1)CC2. The highest BCUT2D eigenvalue weighted by Gasteiger charge is 2.23. The molecule has 0 radical (unpaired) electrons. The van der Waals surface area contributed by atoms with Crippen molar-refractivity contribution in [3.8, 4) is 0 Å². The summed E-state index contributed by atoms with van der Waals surface area (Å²) in [6.07, 6.45) is 4.11. The lowest BCUT2D eigenvalue weighted by atomic mass is 10.1. The summed E-state index contributed by atoms with van der Waals surface area (Å²) in [5.41, 5.74) is 3.39. The molecule has 3 heterocycles. The zero-order chi connectivity index (χ0) is 14.8. The van der Waals surface area contributed by atoms with E-state index >= 15 is 0 Å². The van der Waals surface area contributed by atoms with E-state index in [9.17, 15) is 4.79 Å². The highest BCUT2D eigenvalue weighted by Crippen LogP contribution is 2.19. The van der Waals surface area contributed by atoms with Crippen LogP contribution in [0.25, 0.3) is 0 Å². The lowest BCUT2D eigenvalue weighted by Crippen LogP contribution is -2.33. The van der Waals surface area contributed by atoms with Crippen molar-refractivity contribution in [3.05, 3.63) is 46.9 Å². The number of hydrogen-bond acceptors (Lipinski definition) is 4. The van der Waals surface area contributed by atoms with Gasteiger partial charge in [0.15, 0.2) is 5.76 Å². The largest absolute Gasteiger partial charge is 0.456 e. The number of aryl methyl sites for hydroxylation is 2. The molecule has 0 aliphatic carbocycles. The van der Waals surface area contributed by atoms with Gasteiger partial charge in [-0.15, -0.1) is 0 Å². The third-order valence-corrected chi connectivity index (χ3v) is 3.95. The van der Waals surface area contributed by atoms with Gasteiger partial charge >= 0.3 is 0 Å². The van der Waals surface area contributed by atoms with Crippen LogP contribution in [0.4, 0.5) is 0 Å². The van der Waals surface area contributed by atoms with E-state index in [1.54, 1.807) is 12.4 Å². The Morgan fingerprint density at radius 2 is 2.10 bits per heavy atom. The summed E-state index contributed by atoms with van der Waals surface area (Å²) < 4.78 is 5.44. The summed E-state index contributed by atoms with van der Waals surface area (Å²) in [6.45, 7) is 5.30. The molecule has 1 aliphatic rings. The molecule has 2 aromatic heterocycles. The number of hydrogen-bond donors (Lipinski definition) is 0. The van der Waals surface area contributed by atoms with E-state index in [0.29, 0.717) is 18.8 Å². The zero-order valence-corrected chi connectivity index (χ0v) is 12.4. The van der Waals surface area contributed by atoms with Crippen LogP contribution in [0.3, 0.4) is 0 Å². The summed E-state index contributed by atoms with van der Waals surface area (Å²) in [5, 5.41) is 0. The van der Waals surface area contributed by atoms with Crippen LogP contribution in [0.1, 0.15) is 40.2 Å². The molecule has 0 bridgehead atoms. The van der Waals surface area contributed by atoms with Crippen molar-refractivity contribution < 1.29 is 9.21 Å². The Kier molecular flexibility index (Phi) is 3.73. The minimum absolute atomic E-state index is 0.0399. The fraction of sp³-hybridized carbons (Fsp3) is 0.438. The van der Waals surface area contributed by atoms with Gasteiger partial charge in [-0.1, -0.05) is 6.92 Å². The van der Waals surface area contributed by atoms with E-state index in [4.69, 9.17) is 4.42 Å². The van der Waals surface area contributed by atoms with Gasteiger partial charge in [0, 0.05) is 30.9 Å². The van der Waals surface area contributed by atoms with Gasteiger partial charge in [-0.05, 0) is 37.5 Å². The number of carbonyl (C=O) groups excluding carboxylic acids is 1. The van der Waals surface area contributed by atoms with E-state index in [2.05, 4.69) is 16.9 Å². The second kappa shape index (κ2) is 5.68. The molecular weight excluding hydrogens is 266 g/mol. The van der Waals surface area contributed by atoms with Crippen molar-refractivity contribution in [2.24, 2.45) is 0 Å². The molecule has 0 atom stereocenters. The number of fused-ring (bicyclic) bond motifs is 1. The topological polar surface area (TPSA) is 59.2 Å². The number of rotatable bonds is 2. The Bertz CT molecular complexity index is 663. The van der Waals surface area contributed by atoms with E-state index in [0.717, 1.165) is 36.4 Å². The summed E-state index contributed by atoms with van der Waals surface area (Å²) in [7, 11) is 0. The molecule has 0 saturated heterocycles. The molecule has 5 nitrogen and oxygen atoms in total. The Balaban J connectivity index is 1.80. The Labute approximate surface area is 124 Å². The number of aromatic nitrogens is 2. The fourth-order valence-electron chi connectivity index (χ4n) is 2.81. The molecule has 5 heteroatoms. The molecule has 0 aromatic carbocycles. The van der Waals surface area contributed by atoms with Gasteiger partial charge in [-0.3, -0.25) is 4.79 Å². The van der Waals surface area contributed by atoms with Crippen molar-refractivity contribution in [2.45, 2.75) is 33.1 Å². The van der Waals surface area contributed by atoms with Crippen LogP contribution in [-0.4, -0.2) is 33.9 Å². The molecule has 0 fully saturated rings. The van der Waals surface area contributed by atoms with Crippen molar-refractivity contribution in [1.29, 1.82) is 0 Å². The fourth-order valence-corrected chi connectivity index (χ4v) is 2.81. The monoisotopic (exact) mass is 285 g/mol. The summed E-state index contributed by atoms with van der Waals surface area (Å²) >= 11 is 0. The van der Waals surface area contributed by atoms with Gasteiger partial charge in [-0.2, -0.15) is 0 Å². The Morgan fingerprint density at radius 3 is 2.81 bits per heavy atom. The molecule has 1 amide bonds. The number of carbonyl (C=O) groups is 1. The number of amides is 1. The molecule has 0 saturated carbocycles. The molecule has 0 spiro atoms. The van der Waals surface area contributed by atoms with Gasteiger partial charge in [0.25, 0.3) is 5.91 Å². The van der Waals surface area contributed by atoms with Crippen LogP contribution in [0.15, 0.2) is 22.9 Å². The molecule has 2 aromatic rings. The van der Waals surface area contributed by atoms with E-state index in [1.165, 1.54) is 5.56 Å². The van der Waals surface area contributed by atoms with Crippen molar-refractivity contribution in [3.63, 3.8) is 0 Å². The minimum Gasteiger partial charge on any atom is -0.456 e. The quantitative estimate of drug-likeness (QED) is 0.848. The van der Waals surface area contributed by atoms with Gasteiger partial charge in [-0.25, -0.2) is 9.97 Å². The van der Waals surface area contributed by atoms with Crippen LogP contribution in [0.5, 0.6) is 0 Å². The summed E-state index contributed by atoms with van der Waals surface area (Å²) in [6, 6.07) is 3.56. The third-order valence-electron chi connectivity index (χ3n) is 3.95. The molecule has 3 rings (SSSR count). The first kappa shape index (κ1) is 13.8. The molecule has 0 N–H and O–H groups in total. The standard InChI is InChI=1S/C16H19N3O2/c1-3-13-12-6-8-19(9-7-14(12)18-10-17-13)16(20)15-5-4-11(2)21-15/h4-5,10H,3,6-9H2,1-2H3. The molecule has 110 valence electrons. The van der Waals surface area contributed by atoms with Gasteiger partial charge < -0.3 is 9.32 Å². The van der Waals surface area contributed by atoms with Crippen LogP contribution in [0.2, 0.25) is 0 Å². The van der Waals surface area contributed by atoms with Crippen molar-refractivity contribution in [1.82, 2.24) is 14.9 Å². The Hall–Kier alpha value is -2.17. The number of furan rings is 1. The predicted molar refractivity (Wildman–Crippen MR) is 78.2 cm³/mol. The van der Waals surface area contributed by atoms with Crippen LogP contribution in [-0.2, 0) is 19.3 Å². The molecule has 21 heavy (non-hydrogen) atoms. The molecular formula is C16H19N3O2. The summed E-state index contributed by atoms with van der Waals surface area (Å²) in [5.74, 6) is 1.14. The lowest BCUT2D eigenvalue weighted by Gasteiger charge is -2.18. The first-order valence-electron chi connectivity index (χ1n) is 7.36. The van der Waals surface area contributed by atoms with Gasteiger partial charge in [0.05, 0.1) is 0 Å². The smallest absolute Gasteiger partial charge is 0.289 e. The average Bonchev–Trinajstić information content (AvgIpc) is 2.81. The van der Waals surface area contributed by atoms with E-state index < -0.39 is 0 Å². The van der Waals surface area contributed by atoms with Gasteiger partial charge in [0.1, 0.15) is 12.1 Å². The highest BCUT2D eigenvalue weighted by atomic mass is 16.3. The van der Waals surface area contributed by atoms with Crippen molar-refractivity contribution >= 4 is 5.91 Å². The predicted octanol–water partition coefficient (Wildman–Crippen LogP) is 2.18. The van der Waals surface area contributed by atoms with Gasteiger partial charge in [0.2, 0.25) is 0 Å². The van der Waals surface area contributed by atoms with Crippen LogP contribution in [0, 0.1) is 6.92 Å². The zero-order valence-electron chi connectivity index (χ0n) is 12.4. The average molecular weight is 285 g/mol. The first-order valence-corrected chi connectivity index (χ1v) is 7.36. The van der Waals surface area contributed by atoms with Crippen LogP contribution >= 0.6 is 0 Å². The maximum absolute atomic E-state index is 12.5. The van der Waals surface area contributed by atoms with Crippen LogP contribution < -0.4 is 0 Å². The lowest BCUT2D eigenvalue weighted by molar-refractivity contribution is 0.0729. The maximum atomic E-state index is 12.5. The second-order valence-corrected chi connectivity index (χ2v) is 5.30. The summed E-state index contributed by atoms with van der Waals surface area (Å²) in [4.78, 5) is 23.1. The molecule has 0 unspecified atom stereocenters. The van der Waals surface area contributed by atoms with E-state index in [1.807, 2.05) is 17.9 Å². The normalized spacial score (nSPS) is 14.7. The minimum atomic E-state index is -0.0399. The van der Waals surface area contributed by atoms with Crippen molar-refractivity contribution in [2.75, 3.05) is 13.1 Å². The van der Waals surface area contributed by atoms with E-state index in [-0.39, 0.29) is 5.91 Å². The number of nitrogens with zero attached hydrogens (tertiary/aromatic N) is 3. The first-order chi connectivity index (χ1) is 10.2. The highest BCUT2D eigenvalue weighted by molar-refractivity contribution is 5.91. The second-order valence-electron chi connectivity index (χ2n) is 5.30. The molecule has 1 aliphatic heterocycles. The third kappa shape index (κ3) is 2.68.